The summed E-state index contributed by atoms with van der Waals surface area (Å²) in [5.74, 6) is 0.0247. The van der Waals surface area contributed by atoms with Gasteiger partial charge >= 0.3 is 5.69 Å². The summed E-state index contributed by atoms with van der Waals surface area (Å²) in [5, 5.41) is 12.4. The van der Waals surface area contributed by atoms with E-state index in [1.807, 2.05) is 77.4 Å². The van der Waals surface area contributed by atoms with Gasteiger partial charge in [0.2, 0.25) is 5.91 Å². The molecule has 2 aliphatic rings. The van der Waals surface area contributed by atoms with E-state index >= 15 is 0 Å². The Morgan fingerprint density at radius 3 is 2.33 bits per heavy atom. The van der Waals surface area contributed by atoms with E-state index in [4.69, 9.17) is 9.47 Å². The van der Waals surface area contributed by atoms with Gasteiger partial charge in [0, 0.05) is 50.6 Å². The number of amides is 1. The van der Waals surface area contributed by atoms with Crippen LogP contribution < -0.4 is 11.0 Å². The second-order valence-corrected chi connectivity index (χ2v) is 11.8. The number of carbonyl (C=O) groups excluding carboxylic acids is 1. The molecule has 0 radical (unpaired) electrons. The molecular weight excluding hydrogens is 544 g/mol. The van der Waals surface area contributed by atoms with Gasteiger partial charge in [-0.15, -0.1) is 0 Å². The third-order valence-electron chi connectivity index (χ3n) is 8.90. The Morgan fingerprint density at radius 2 is 1.63 bits per heavy atom. The quantitative estimate of drug-likeness (QED) is 0.280. The number of carbonyl (C=O) groups is 1. The van der Waals surface area contributed by atoms with E-state index in [1.165, 1.54) is 6.92 Å². The van der Waals surface area contributed by atoms with Gasteiger partial charge in [-0.2, -0.15) is 0 Å². The minimum Gasteiger partial charge on any atom is -0.392 e. The predicted octanol–water partition coefficient (Wildman–Crippen LogP) is 4.59. The average molecular weight is 585 g/mol. The molecule has 4 aromatic rings. The fourth-order valence-electron chi connectivity index (χ4n) is 6.40. The number of benzene rings is 3. The number of nitrogens with one attached hydrogen (secondary N) is 2. The van der Waals surface area contributed by atoms with Gasteiger partial charge in [-0.25, -0.2) is 4.79 Å². The maximum Gasteiger partial charge on any atom is 0.326 e. The lowest BCUT2D eigenvalue weighted by atomic mass is 9.89. The highest BCUT2D eigenvalue weighted by molar-refractivity contribution is 5.75. The molecule has 3 N–H and O–H groups in total. The summed E-state index contributed by atoms with van der Waals surface area (Å²) in [6.07, 6.45) is 0.987. The topological polar surface area (TPSA) is 109 Å². The van der Waals surface area contributed by atoms with Crippen molar-refractivity contribution in [3.8, 4) is 0 Å². The first kappa shape index (κ1) is 29.3. The van der Waals surface area contributed by atoms with Crippen LogP contribution in [0.1, 0.15) is 67.4 Å². The van der Waals surface area contributed by atoms with Gasteiger partial charge in [0.15, 0.2) is 6.29 Å². The molecule has 2 aliphatic heterocycles. The van der Waals surface area contributed by atoms with Crippen molar-refractivity contribution in [1.82, 2.24) is 19.8 Å². The Bertz CT molecular complexity index is 1590. The Morgan fingerprint density at radius 1 is 0.953 bits per heavy atom. The third kappa shape index (κ3) is 6.45. The zero-order valence-electron chi connectivity index (χ0n) is 24.7. The third-order valence-corrected chi connectivity index (χ3v) is 8.90. The van der Waals surface area contributed by atoms with Crippen LogP contribution in [0.2, 0.25) is 0 Å². The maximum atomic E-state index is 12.8. The number of ether oxygens (including phenoxy) is 2. The molecule has 0 unspecified atom stereocenters. The van der Waals surface area contributed by atoms with Gasteiger partial charge in [0.1, 0.15) is 0 Å². The molecule has 6 rings (SSSR count). The lowest BCUT2D eigenvalue weighted by Gasteiger charge is -2.44. The van der Waals surface area contributed by atoms with Crippen LogP contribution in [0.4, 0.5) is 0 Å². The van der Waals surface area contributed by atoms with E-state index in [2.05, 4.69) is 22.1 Å². The van der Waals surface area contributed by atoms with Crippen LogP contribution in [0.15, 0.2) is 77.6 Å². The first-order chi connectivity index (χ1) is 20.9. The Kier molecular flexibility index (Phi) is 8.76. The number of nitrogens with zero attached hydrogens (tertiary/aromatic N) is 2. The molecule has 2 saturated heterocycles. The van der Waals surface area contributed by atoms with Gasteiger partial charge in [0.25, 0.3) is 0 Å². The minimum absolute atomic E-state index is 0.00117. The number of piperidine rings is 1. The lowest BCUT2D eigenvalue weighted by molar-refractivity contribution is -0.276. The van der Waals surface area contributed by atoms with E-state index < -0.39 is 6.29 Å². The molecule has 0 bridgehead atoms. The molecule has 9 heteroatoms. The van der Waals surface area contributed by atoms with Gasteiger partial charge in [-0.1, -0.05) is 67.6 Å². The molecule has 43 heavy (non-hydrogen) atoms. The van der Waals surface area contributed by atoms with E-state index in [9.17, 15) is 14.7 Å². The van der Waals surface area contributed by atoms with E-state index in [0.29, 0.717) is 6.54 Å². The van der Waals surface area contributed by atoms with Gasteiger partial charge < -0.3 is 29.8 Å². The molecule has 2 fully saturated rings. The molecule has 226 valence electrons. The van der Waals surface area contributed by atoms with E-state index in [-0.39, 0.29) is 42.4 Å². The predicted molar refractivity (Wildman–Crippen MR) is 164 cm³/mol. The minimum atomic E-state index is -0.541. The smallest absolute Gasteiger partial charge is 0.326 e. The maximum absolute atomic E-state index is 12.8. The second kappa shape index (κ2) is 12.9. The van der Waals surface area contributed by atoms with Crippen molar-refractivity contribution < 1.29 is 19.4 Å². The number of fused-ring (bicyclic) bond motifs is 1. The van der Waals surface area contributed by atoms with Crippen LogP contribution in [0.5, 0.6) is 0 Å². The number of hydrogen-bond acceptors (Lipinski definition) is 6. The fourth-order valence-corrected chi connectivity index (χ4v) is 6.40. The van der Waals surface area contributed by atoms with Crippen molar-refractivity contribution in [2.24, 2.45) is 5.92 Å². The Balaban J connectivity index is 1.18. The summed E-state index contributed by atoms with van der Waals surface area (Å²) < 4.78 is 15.2. The number of likely N-dealkylation sites (tertiary alicyclic amines) is 1. The number of aliphatic hydroxyl groups excluding tert-OH is 1. The highest BCUT2D eigenvalue weighted by atomic mass is 16.7. The van der Waals surface area contributed by atoms with E-state index in [1.54, 1.807) is 0 Å². The molecule has 1 aromatic heterocycles. The van der Waals surface area contributed by atoms with Crippen molar-refractivity contribution in [2.45, 2.75) is 64.4 Å². The number of aromatic nitrogens is 2. The summed E-state index contributed by atoms with van der Waals surface area (Å²) in [6, 6.07) is 24.0. The van der Waals surface area contributed by atoms with Crippen LogP contribution in [0.3, 0.4) is 0 Å². The SMILES string of the molecule is CC(=O)NCc1ccc([C@H]2O[C@@H](CN3CCC(n4c(=O)[nH]c5ccccc54)CC3)[C@@H](C)[C@@H](c3ccc(CO)cc3)O2)cc1. The molecule has 0 spiro atoms. The number of aromatic amines is 1. The summed E-state index contributed by atoms with van der Waals surface area (Å²) >= 11 is 0. The second-order valence-electron chi connectivity index (χ2n) is 11.8. The van der Waals surface area contributed by atoms with Gasteiger partial charge in [-0.3, -0.25) is 9.36 Å². The number of aliphatic hydroxyl groups is 1. The molecule has 3 heterocycles. The summed E-state index contributed by atoms with van der Waals surface area (Å²) in [7, 11) is 0. The van der Waals surface area contributed by atoms with Crippen molar-refractivity contribution in [3.63, 3.8) is 0 Å². The normalized spacial score (nSPS) is 23.4. The molecule has 4 atom stereocenters. The number of rotatable bonds is 8. The highest BCUT2D eigenvalue weighted by Crippen LogP contribution is 2.42. The van der Waals surface area contributed by atoms with E-state index in [0.717, 1.165) is 65.8 Å². The number of imidazole rings is 1. The zero-order chi connectivity index (χ0) is 29.9. The average Bonchev–Trinajstić information content (AvgIpc) is 3.37. The molecular formula is C34H40N4O5. The van der Waals surface area contributed by atoms with Crippen LogP contribution in [0, 0.1) is 5.92 Å². The Labute approximate surface area is 251 Å². The number of H-pyrrole nitrogens is 1. The van der Waals surface area contributed by atoms with Crippen LogP contribution >= 0.6 is 0 Å². The lowest BCUT2D eigenvalue weighted by Crippen LogP contribution is -2.47. The Hall–Kier alpha value is -3.76. The van der Waals surface area contributed by atoms with Crippen molar-refractivity contribution >= 4 is 16.9 Å². The largest absolute Gasteiger partial charge is 0.392 e. The van der Waals surface area contributed by atoms with Crippen molar-refractivity contribution in [2.75, 3.05) is 19.6 Å². The summed E-state index contributed by atoms with van der Waals surface area (Å²) in [5.41, 5.74) is 5.67. The summed E-state index contributed by atoms with van der Waals surface area (Å²) in [6.45, 7) is 6.69. The van der Waals surface area contributed by atoms with Crippen LogP contribution in [-0.4, -0.2) is 51.2 Å². The summed E-state index contributed by atoms with van der Waals surface area (Å²) in [4.78, 5) is 29.6. The van der Waals surface area contributed by atoms with Gasteiger partial charge in [0.05, 0.1) is 29.8 Å². The fraction of sp³-hybridized carbons (Fsp3) is 0.412. The molecule has 9 nitrogen and oxygen atoms in total. The first-order valence-electron chi connectivity index (χ1n) is 15.1. The van der Waals surface area contributed by atoms with Crippen LogP contribution in [0.25, 0.3) is 11.0 Å². The van der Waals surface area contributed by atoms with Crippen molar-refractivity contribution in [1.29, 1.82) is 0 Å². The van der Waals surface area contributed by atoms with Gasteiger partial charge in [-0.05, 0) is 41.7 Å². The van der Waals surface area contributed by atoms with Crippen LogP contribution in [-0.2, 0) is 27.4 Å². The standard InChI is InChI=1S/C34H40N4O5/c1-22-31(20-37-17-15-28(16-18-37)38-30-6-4-3-5-29(30)36-34(38)41)42-33(27-13-7-24(8-14-27)19-35-23(2)40)43-32(22)26-11-9-25(21-39)10-12-26/h3-14,22,28,31-33,39H,15-21H2,1-2H3,(H,35,40)(H,36,41)/t22-,31+,32+,33+/m1/s1. The molecule has 1 amide bonds. The molecule has 0 saturated carbocycles. The molecule has 0 aliphatic carbocycles. The first-order valence-corrected chi connectivity index (χ1v) is 15.1. The highest BCUT2D eigenvalue weighted by Gasteiger charge is 2.39. The monoisotopic (exact) mass is 584 g/mol. The number of para-hydroxylation sites is 2. The zero-order valence-corrected chi connectivity index (χ0v) is 24.7. The van der Waals surface area contributed by atoms with Crippen molar-refractivity contribution in [3.05, 3.63) is 106 Å². The number of hydrogen-bond donors (Lipinski definition) is 3. The molecule has 3 aromatic carbocycles.